The van der Waals surface area contributed by atoms with E-state index < -0.39 is 18.4 Å². The van der Waals surface area contributed by atoms with Gasteiger partial charge >= 0.3 is 165 Å². The Bertz CT molecular complexity index is 733. The molecule has 0 atom stereocenters. The molecule has 0 radical (unpaired) electrons. The van der Waals surface area contributed by atoms with Gasteiger partial charge in [-0.2, -0.15) is 0 Å². The Morgan fingerprint density at radius 3 is 1.44 bits per heavy atom. The molecule has 25 heavy (non-hydrogen) atoms. The maximum absolute atomic E-state index is 6.11. The van der Waals surface area contributed by atoms with E-state index in [0.717, 1.165) is 7.97 Å². The van der Waals surface area contributed by atoms with E-state index in [-0.39, 0.29) is 0 Å². The van der Waals surface area contributed by atoms with Gasteiger partial charge in [0.1, 0.15) is 0 Å². The molecule has 3 heteroatoms. The van der Waals surface area contributed by atoms with E-state index in [1.54, 1.807) is 11.8 Å². The minimum atomic E-state index is -3.42. The third-order valence-corrected chi connectivity index (χ3v) is 22.6. The zero-order valence-corrected chi connectivity index (χ0v) is 18.5. The normalized spacial score (nSPS) is 11.0. The van der Waals surface area contributed by atoms with E-state index in [1.165, 1.54) is 10.7 Å². The number of thioether (sulfide) groups is 1. The number of benzene rings is 3. The summed E-state index contributed by atoms with van der Waals surface area (Å²) >= 11 is 4.46. The van der Waals surface area contributed by atoms with Gasteiger partial charge in [-0.3, -0.25) is 0 Å². The molecule has 0 amide bonds. The Labute approximate surface area is 163 Å². The van der Waals surface area contributed by atoms with E-state index in [2.05, 4.69) is 97.6 Å². The fraction of sp³-hybridized carbons (Fsp3) is 0.0455. The molecule has 0 nitrogen and oxygen atoms in total. The summed E-state index contributed by atoms with van der Waals surface area (Å²) in [5, 5.41) is 0. The second-order valence-corrected chi connectivity index (χ2v) is 20.2. The molecule has 0 heterocycles. The Hall–Kier alpha value is -1.36. The van der Waals surface area contributed by atoms with Crippen LogP contribution in [0.3, 0.4) is 0 Å². The summed E-state index contributed by atoms with van der Waals surface area (Å²) in [5.41, 5.74) is 0. The summed E-state index contributed by atoms with van der Waals surface area (Å²) in [6.07, 6.45) is 1.94. The van der Waals surface area contributed by atoms with Crippen molar-refractivity contribution in [1.29, 1.82) is 0 Å². The van der Waals surface area contributed by atoms with Crippen molar-refractivity contribution in [2.24, 2.45) is 0 Å². The van der Waals surface area contributed by atoms with Crippen LogP contribution in [0.15, 0.2) is 104 Å². The summed E-state index contributed by atoms with van der Waals surface area (Å²) in [5.74, 6) is 0.851. The van der Waals surface area contributed by atoms with E-state index in [1.807, 2.05) is 6.08 Å². The monoisotopic (exact) mass is 468 g/mol. The predicted octanol–water partition coefficient (Wildman–Crippen LogP) is 3.94. The molecule has 0 unspecified atom stereocenters. The summed E-state index contributed by atoms with van der Waals surface area (Å²) in [4.78, 5) is 0. The fourth-order valence-corrected chi connectivity index (χ4v) is 22.0. The molecule has 0 aliphatic heterocycles. The van der Waals surface area contributed by atoms with Crippen LogP contribution in [-0.4, -0.2) is 26.3 Å². The van der Waals surface area contributed by atoms with E-state index in [0.29, 0.717) is 0 Å². The second kappa shape index (κ2) is 8.83. The van der Waals surface area contributed by atoms with Gasteiger partial charge in [-0.15, -0.1) is 0 Å². The molecule has 3 rings (SSSR count). The average molecular weight is 467 g/mol. The molecule has 0 N–H and O–H groups in total. The first-order chi connectivity index (χ1) is 12.3. The van der Waals surface area contributed by atoms with Crippen LogP contribution in [0.5, 0.6) is 0 Å². The Morgan fingerprint density at radius 2 is 1.12 bits per heavy atom. The quantitative estimate of drug-likeness (QED) is 0.306. The number of rotatable bonds is 6. The number of hydrogen-bond donors (Lipinski definition) is 0. The van der Waals surface area contributed by atoms with Crippen molar-refractivity contribution < 1.29 is 0 Å². The van der Waals surface area contributed by atoms with Gasteiger partial charge in [-0.1, -0.05) is 0 Å². The molecular weight excluding hydrogens is 447 g/mol. The molecule has 0 aromatic heterocycles. The molecule has 0 spiro atoms. The van der Waals surface area contributed by atoms with Gasteiger partial charge in [0.2, 0.25) is 0 Å². The summed E-state index contributed by atoms with van der Waals surface area (Å²) in [6, 6.07) is 32.6. The standard InChI is InChI=1S/3C6H5.C4H5S2.Sn/c3*1-2-4-6-5-3-1;1-2-3-6-4-5;/h3*1-5H;2H,1,3H2;. The van der Waals surface area contributed by atoms with Crippen LogP contribution in [0, 0.1) is 0 Å². The summed E-state index contributed by atoms with van der Waals surface area (Å²) < 4.78 is 5.35. The van der Waals surface area contributed by atoms with Gasteiger partial charge in [0.15, 0.2) is 0 Å². The first-order valence-electron chi connectivity index (χ1n) is 8.25. The maximum atomic E-state index is 6.11. The van der Waals surface area contributed by atoms with Crippen LogP contribution in [0.4, 0.5) is 0 Å². The molecule has 124 valence electrons. The summed E-state index contributed by atoms with van der Waals surface area (Å²) in [6.45, 7) is 3.88. The SMILES string of the molecule is C=CCS[C](=S)[Sn]([c]1ccccc1)([c]1ccccc1)[c]1ccccc1. The van der Waals surface area contributed by atoms with Crippen molar-refractivity contribution in [3.63, 3.8) is 0 Å². The summed E-state index contributed by atoms with van der Waals surface area (Å²) in [7, 11) is 0. The molecule has 0 bridgehead atoms. The number of thiocarbonyl (C=S) groups is 1. The second-order valence-electron chi connectivity index (χ2n) is 5.74. The molecule has 3 aromatic carbocycles. The van der Waals surface area contributed by atoms with Gasteiger partial charge in [0, 0.05) is 0 Å². The first-order valence-corrected chi connectivity index (χ1v) is 15.3. The van der Waals surface area contributed by atoms with E-state index in [9.17, 15) is 0 Å². The van der Waals surface area contributed by atoms with Gasteiger partial charge < -0.3 is 0 Å². The topological polar surface area (TPSA) is 0 Å². The molecule has 0 saturated heterocycles. The molecule has 0 fully saturated rings. The van der Waals surface area contributed by atoms with Crippen molar-refractivity contribution in [2.75, 3.05) is 5.75 Å². The molecule has 0 saturated carbocycles. The van der Waals surface area contributed by atoms with Crippen molar-refractivity contribution >= 4 is 55.3 Å². The van der Waals surface area contributed by atoms with Gasteiger partial charge in [0.25, 0.3) is 0 Å². The zero-order valence-electron chi connectivity index (χ0n) is 14.0. The van der Waals surface area contributed by atoms with E-state index >= 15 is 0 Å². The molecule has 0 aliphatic carbocycles. The molecular formula is C22H20S2Sn. The van der Waals surface area contributed by atoms with Crippen molar-refractivity contribution in [2.45, 2.75) is 0 Å². The van der Waals surface area contributed by atoms with Crippen LogP contribution >= 0.6 is 24.0 Å². The van der Waals surface area contributed by atoms with Crippen molar-refractivity contribution in [1.82, 2.24) is 0 Å². The number of hydrogen-bond acceptors (Lipinski definition) is 2. The van der Waals surface area contributed by atoms with Crippen LogP contribution in [0.2, 0.25) is 0 Å². The molecule has 0 aliphatic rings. The third kappa shape index (κ3) is 3.76. The minimum absolute atomic E-state index is 0.851. The fourth-order valence-electron chi connectivity index (χ4n) is 3.16. The third-order valence-electron chi connectivity index (χ3n) is 4.26. The Balaban J connectivity index is 2.31. The van der Waals surface area contributed by atoms with Crippen LogP contribution in [0.1, 0.15) is 0 Å². The van der Waals surface area contributed by atoms with Crippen LogP contribution < -0.4 is 10.7 Å². The van der Waals surface area contributed by atoms with Crippen LogP contribution in [0.25, 0.3) is 0 Å². The van der Waals surface area contributed by atoms with Gasteiger partial charge in [-0.05, 0) is 0 Å². The van der Waals surface area contributed by atoms with Crippen LogP contribution in [-0.2, 0) is 0 Å². The molecule has 3 aromatic rings. The van der Waals surface area contributed by atoms with Gasteiger partial charge in [0.05, 0.1) is 0 Å². The first kappa shape index (κ1) is 18.4. The Kier molecular flexibility index (Phi) is 6.51. The average Bonchev–Trinajstić information content (AvgIpc) is 2.69. The Morgan fingerprint density at radius 1 is 0.760 bits per heavy atom. The van der Waals surface area contributed by atoms with Crippen molar-refractivity contribution in [3.8, 4) is 0 Å². The van der Waals surface area contributed by atoms with E-state index in [4.69, 9.17) is 12.2 Å². The predicted molar refractivity (Wildman–Crippen MR) is 119 cm³/mol. The van der Waals surface area contributed by atoms with Gasteiger partial charge in [-0.25, -0.2) is 0 Å². The van der Waals surface area contributed by atoms with Crippen molar-refractivity contribution in [3.05, 3.63) is 104 Å². The zero-order chi connectivity index (χ0) is 17.5.